The number of hydrogen-bond acceptors (Lipinski definition) is 4. The number of pyridine rings is 1. The van der Waals surface area contributed by atoms with Gasteiger partial charge >= 0.3 is 0 Å². The van der Waals surface area contributed by atoms with E-state index >= 15 is 0 Å². The minimum absolute atomic E-state index is 0.102. The third-order valence-electron chi connectivity index (χ3n) is 6.24. The van der Waals surface area contributed by atoms with Crippen molar-refractivity contribution in [2.45, 2.75) is 50.7 Å². The van der Waals surface area contributed by atoms with E-state index in [-0.39, 0.29) is 29.4 Å². The fourth-order valence-electron chi connectivity index (χ4n) is 4.70. The molecule has 6 nitrogen and oxygen atoms in total. The highest BCUT2D eigenvalue weighted by molar-refractivity contribution is 5.85. The second-order valence-corrected chi connectivity index (χ2v) is 7.70. The topological polar surface area (TPSA) is 62.7 Å². The quantitative estimate of drug-likeness (QED) is 0.832. The summed E-state index contributed by atoms with van der Waals surface area (Å²) in [6.07, 6.45) is 7.82. The van der Waals surface area contributed by atoms with Crippen LogP contribution in [0.15, 0.2) is 24.5 Å². The molecule has 3 heterocycles. The fraction of sp³-hybridized carbons (Fsp3) is 0.650. The summed E-state index contributed by atoms with van der Waals surface area (Å²) >= 11 is 0. The predicted octanol–water partition coefficient (Wildman–Crippen LogP) is 2.16. The highest BCUT2D eigenvalue weighted by Crippen LogP contribution is 2.41. The number of carbonyl (C=O) groups is 2. The number of ether oxygens (including phenoxy) is 1. The number of carbonyl (C=O) groups excluding carboxylic acids is 2. The number of rotatable bonds is 3. The van der Waals surface area contributed by atoms with Gasteiger partial charge in [0.2, 0.25) is 11.8 Å². The zero-order valence-electron chi connectivity index (χ0n) is 15.4. The van der Waals surface area contributed by atoms with Crippen molar-refractivity contribution in [1.29, 1.82) is 0 Å². The molecular weight excluding hydrogens is 330 g/mol. The van der Waals surface area contributed by atoms with Crippen LogP contribution in [0.25, 0.3) is 0 Å². The van der Waals surface area contributed by atoms with Gasteiger partial charge in [0.1, 0.15) is 0 Å². The van der Waals surface area contributed by atoms with Gasteiger partial charge in [-0.2, -0.15) is 0 Å². The third kappa shape index (κ3) is 3.00. The Balaban J connectivity index is 1.60. The van der Waals surface area contributed by atoms with Crippen molar-refractivity contribution in [3.8, 4) is 0 Å². The van der Waals surface area contributed by atoms with Crippen LogP contribution in [-0.2, 0) is 14.3 Å². The standard InChI is InChI=1S/C20H27N3O3/c1-2-23-17(24)5-4-16(18(23)15-6-10-21-11-7-15)19(25)22-12-13-26-20(14-22)8-3-9-20/h6-7,10-11,16,18H,2-5,8-9,12-14H2,1H3/t16-,18+/m0/s1. The number of nitrogens with zero attached hydrogens (tertiary/aromatic N) is 3. The molecule has 1 spiro atoms. The van der Waals surface area contributed by atoms with Crippen molar-refractivity contribution in [2.24, 2.45) is 5.92 Å². The first-order chi connectivity index (χ1) is 12.6. The summed E-state index contributed by atoms with van der Waals surface area (Å²) < 4.78 is 5.97. The van der Waals surface area contributed by atoms with Gasteiger partial charge in [0.25, 0.3) is 0 Å². The van der Waals surface area contributed by atoms with Crippen LogP contribution >= 0.6 is 0 Å². The first-order valence-electron chi connectivity index (χ1n) is 9.76. The SMILES string of the molecule is CCN1C(=O)CC[C@H](C(=O)N2CCOC3(CCC3)C2)[C@H]1c1ccncc1. The molecule has 1 aromatic heterocycles. The van der Waals surface area contributed by atoms with Gasteiger partial charge < -0.3 is 14.5 Å². The van der Waals surface area contributed by atoms with E-state index < -0.39 is 0 Å². The zero-order valence-corrected chi connectivity index (χ0v) is 15.4. The van der Waals surface area contributed by atoms with Crippen molar-refractivity contribution in [1.82, 2.24) is 14.8 Å². The Morgan fingerprint density at radius 3 is 2.77 bits per heavy atom. The van der Waals surface area contributed by atoms with E-state index in [4.69, 9.17) is 4.74 Å². The van der Waals surface area contributed by atoms with Crippen LogP contribution in [0, 0.1) is 5.92 Å². The monoisotopic (exact) mass is 357 g/mol. The summed E-state index contributed by atoms with van der Waals surface area (Å²) in [7, 11) is 0. The second-order valence-electron chi connectivity index (χ2n) is 7.70. The lowest BCUT2D eigenvalue weighted by atomic mass is 9.78. The lowest BCUT2D eigenvalue weighted by Crippen LogP contribution is -2.59. The van der Waals surface area contributed by atoms with Gasteiger partial charge in [-0.05, 0) is 50.3 Å². The molecule has 0 aromatic carbocycles. The Hall–Kier alpha value is -1.95. The van der Waals surface area contributed by atoms with Crippen molar-refractivity contribution in [3.05, 3.63) is 30.1 Å². The van der Waals surface area contributed by atoms with Crippen molar-refractivity contribution < 1.29 is 14.3 Å². The molecule has 0 unspecified atom stereocenters. The summed E-state index contributed by atoms with van der Waals surface area (Å²) in [4.78, 5) is 33.9. The maximum absolute atomic E-state index is 13.4. The van der Waals surface area contributed by atoms with Crippen LogP contribution in [0.4, 0.5) is 0 Å². The molecule has 2 atom stereocenters. The summed E-state index contributed by atoms with van der Waals surface area (Å²) in [5.74, 6) is 0.119. The number of amides is 2. The number of hydrogen-bond donors (Lipinski definition) is 0. The molecule has 2 aliphatic heterocycles. The molecule has 2 amide bonds. The van der Waals surface area contributed by atoms with Gasteiger partial charge in [-0.3, -0.25) is 14.6 Å². The Morgan fingerprint density at radius 2 is 2.12 bits per heavy atom. The highest BCUT2D eigenvalue weighted by atomic mass is 16.5. The molecule has 4 rings (SSSR count). The molecule has 1 aromatic rings. The van der Waals surface area contributed by atoms with Crippen LogP contribution in [0.5, 0.6) is 0 Å². The maximum atomic E-state index is 13.4. The normalized spacial score (nSPS) is 28.1. The van der Waals surface area contributed by atoms with Gasteiger partial charge in [0.05, 0.1) is 24.2 Å². The van der Waals surface area contributed by atoms with Gasteiger partial charge in [-0.25, -0.2) is 0 Å². The van der Waals surface area contributed by atoms with Gasteiger partial charge in [-0.1, -0.05) is 0 Å². The van der Waals surface area contributed by atoms with Crippen LogP contribution < -0.4 is 0 Å². The molecule has 6 heteroatoms. The van der Waals surface area contributed by atoms with E-state index in [1.165, 1.54) is 6.42 Å². The smallest absolute Gasteiger partial charge is 0.228 e. The van der Waals surface area contributed by atoms with Crippen molar-refractivity contribution in [3.63, 3.8) is 0 Å². The molecule has 1 aliphatic carbocycles. The Bertz CT molecular complexity index is 674. The molecule has 3 fully saturated rings. The van der Waals surface area contributed by atoms with Crippen LogP contribution in [0.3, 0.4) is 0 Å². The average Bonchev–Trinajstić information content (AvgIpc) is 2.66. The van der Waals surface area contributed by atoms with Gasteiger partial charge in [-0.15, -0.1) is 0 Å². The molecule has 2 saturated heterocycles. The molecule has 3 aliphatic rings. The summed E-state index contributed by atoms with van der Waals surface area (Å²) in [6.45, 7) is 4.57. The second kappa shape index (κ2) is 6.99. The molecule has 0 radical (unpaired) electrons. The number of piperidine rings is 1. The minimum atomic E-state index is -0.197. The van der Waals surface area contributed by atoms with Crippen LogP contribution in [0.2, 0.25) is 0 Å². The first kappa shape index (κ1) is 17.5. The highest BCUT2D eigenvalue weighted by Gasteiger charge is 2.47. The number of aromatic nitrogens is 1. The van der Waals surface area contributed by atoms with Crippen LogP contribution in [0.1, 0.15) is 50.6 Å². The van der Waals surface area contributed by atoms with E-state index in [1.807, 2.05) is 28.9 Å². The van der Waals surface area contributed by atoms with E-state index in [9.17, 15) is 9.59 Å². The minimum Gasteiger partial charge on any atom is -0.371 e. The lowest BCUT2D eigenvalue weighted by Gasteiger charge is -2.50. The summed E-state index contributed by atoms with van der Waals surface area (Å²) in [5.41, 5.74) is 0.898. The molecule has 140 valence electrons. The number of likely N-dealkylation sites (tertiary alicyclic amines) is 1. The van der Waals surface area contributed by atoms with Gasteiger partial charge in [0.15, 0.2) is 0 Å². The lowest BCUT2D eigenvalue weighted by molar-refractivity contribution is -0.174. The Kier molecular flexibility index (Phi) is 4.69. The van der Waals surface area contributed by atoms with E-state index in [0.717, 1.165) is 18.4 Å². The Labute approximate surface area is 154 Å². The van der Waals surface area contributed by atoms with E-state index in [2.05, 4.69) is 4.98 Å². The fourth-order valence-corrected chi connectivity index (χ4v) is 4.70. The third-order valence-corrected chi connectivity index (χ3v) is 6.24. The predicted molar refractivity (Wildman–Crippen MR) is 96.2 cm³/mol. The molecular formula is C20H27N3O3. The van der Waals surface area contributed by atoms with Crippen molar-refractivity contribution in [2.75, 3.05) is 26.2 Å². The first-order valence-corrected chi connectivity index (χ1v) is 9.76. The van der Waals surface area contributed by atoms with E-state index in [0.29, 0.717) is 39.1 Å². The molecule has 0 N–H and O–H groups in total. The van der Waals surface area contributed by atoms with Crippen LogP contribution in [-0.4, -0.2) is 58.4 Å². The summed E-state index contributed by atoms with van der Waals surface area (Å²) in [6, 6.07) is 3.66. The average molecular weight is 357 g/mol. The van der Waals surface area contributed by atoms with Gasteiger partial charge in [0, 0.05) is 38.4 Å². The number of morpholine rings is 1. The molecule has 0 bridgehead atoms. The molecule has 26 heavy (non-hydrogen) atoms. The summed E-state index contributed by atoms with van der Waals surface area (Å²) in [5, 5.41) is 0. The zero-order chi connectivity index (χ0) is 18.1. The van der Waals surface area contributed by atoms with E-state index in [1.54, 1.807) is 12.4 Å². The Morgan fingerprint density at radius 1 is 1.35 bits per heavy atom. The maximum Gasteiger partial charge on any atom is 0.228 e. The molecule has 1 saturated carbocycles. The van der Waals surface area contributed by atoms with Crippen molar-refractivity contribution >= 4 is 11.8 Å². The largest absolute Gasteiger partial charge is 0.371 e.